The maximum Gasteiger partial charge on any atom is 0.251 e. The van der Waals surface area contributed by atoms with Crippen molar-refractivity contribution in [3.05, 3.63) is 83.1 Å². The molecule has 2 heterocycles. The maximum atomic E-state index is 13.5. The van der Waals surface area contributed by atoms with Crippen molar-refractivity contribution >= 4 is 16.8 Å². The van der Waals surface area contributed by atoms with E-state index >= 15 is 0 Å². The van der Waals surface area contributed by atoms with Crippen molar-refractivity contribution in [2.45, 2.75) is 44.7 Å². The Labute approximate surface area is 159 Å². The Balaban J connectivity index is 1.66. The summed E-state index contributed by atoms with van der Waals surface area (Å²) in [4.78, 5) is 19.0. The van der Waals surface area contributed by atoms with Gasteiger partial charge in [-0.15, -0.1) is 0 Å². The average Bonchev–Trinajstić information content (AvgIpc) is 3.27. The largest absolute Gasteiger partial charge is 0.361 e. The first kappa shape index (κ1) is 16.4. The third kappa shape index (κ3) is 2.53. The molecule has 1 N–H and O–H groups in total. The molecule has 2 aromatic carbocycles. The number of nitrogens with zero attached hydrogens (tertiary/aromatic N) is 1. The molecule has 1 aliphatic carbocycles. The lowest BCUT2D eigenvalue weighted by atomic mass is 9.87. The summed E-state index contributed by atoms with van der Waals surface area (Å²) in [5.74, 6) is 0.233. The highest BCUT2D eigenvalue weighted by Gasteiger charge is 2.43. The van der Waals surface area contributed by atoms with Crippen LogP contribution in [0, 0.1) is 0 Å². The van der Waals surface area contributed by atoms with E-state index in [4.69, 9.17) is 0 Å². The third-order valence-electron chi connectivity index (χ3n) is 6.23. The quantitative estimate of drug-likeness (QED) is 0.643. The van der Waals surface area contributed by atoms with Gasteiger partial charge in [0.05, 0.1) is 12.1 Å². The summed E-state index contributed by atoms with van der Waals surface area (Å²) >= 11 is 0. The average molecular weight is 356 g/mol. The van der Waals surface area contributed by atoms with Gasteiger partial charge in [0.2, 0.25) is 0 Å². The Morgan fingerprint density at radius 2 is 1.74 bits per heavy atom. The van der Waals surface area contributed by atoms with Crippen molar-refractivity contribution in [2.24, 2.45) is 0 Å². The molecule has 0 fully saturated rings. The van der Waals surface area contributed by atoms with Gasteiger partial charge in [-0.25, -0.2) is 0 Å². The van der Waals surface area contributed by atoms with Crippen LogP contribution in [0.1, 0.15) is 55.8 Å². The third-order valence-corrected chi connectivity index (χ3v) is 6.23. The van der Waals surface area contributed by atoms with Gasteiger partial charge in [-0.1, -0.05) is 48.5 Å². The number of H-pyrrole nitrogens is 1. The molecule has 0 spiro atoms. The van der Waals surface area contributed by atoms with Crippen LogP contribution < -0.4 is 0 Å². The van der Waals surface area contributed by atoms with E-state index in [1.54, 1.807) is 0 Å². The molecule has 0 saturated heterocycles. The summed E-state index contributed by atoms with van der Waals surface area (Å²) in [6.45, 7) is 2.16. The standard InChI is InChI=1S/C24H24N2O/c1-16(17-9-3-2-4-10-17)26-23(19-12-5-6-13-20(19)24(26)27)21-15-25-22-14-8-7-11-18(21)22/h2-4,7-11,14-16,23,25H,5-6,12-13H2,1H3. The molecule has 0 saturated carbocycles. The van der Waals surface area contributed by atoms with Gasteiger partial charge in [-0.2, -0.15) is 0 Å². The highest BCUT2D eigenvalue weighted by atomic mass is 16.2. The summed E-state index contributed by atoms with van der Waals surface area (Å²) in [5, 5.41) is 1.22. The monoisotopic (exact) mass is 356 g/mol. The van der Waals surface area contributed by atoms with E-state index in [0.29, 0.717) is 0 Å². The minimum atomic E-state index is 0.0409. The first-order chi connectivity index (χ1) is 13.3. The topological polar surface area (TPSA) is 36.1 Å². The number of aromatic amines is 1. The molecule has 3 aromatic rings. The molecule has 27 heavy (non-hydrogen) atoms. The molecule has 1 aromatic heterocycles. The number of amides is 1. The predicted molar refractivity (Wildman–Crippen MR) is 108 cm³/mol. The molecule has 136 valence electrons. The fourth-order valence-corrected chi connectivity index (χ4v) is 4.87. The van der Waals surface area contributed by atoms with Gasteiger partial charge in [0.25, 0.3) is 5.91 Å². The Hall–Kier alpha value is -2.81. The molecule has 0 radical (unpaired) electrons. The normalized spacial score (nSPS) is 21.0. The second-order valence-electron chi connectivity index (χ2n) is 7.70. The molecule has 0 bridgehead atoms. The number of carbonyl (C=O) groups excluding carboxylic acids is 1. The zero-order valence-electron chi connectivity index (χ0n) is 15.6. The minimum absolute atomic E-state index is 0.0409. The highest BCUT2D eigenvalue weighted by molar-refractivity contribution is 5.99. The van der Waals surface area contributed by atoms with Gasteiger partial charge >= 0.3 is 0 Å². The first-order valence-electron chi connectivity index (χ1n) is 9.91. The SMILES string of the molecule is CC(c1ccccc1)N1C(=O)C2=C(CCCC2)C1c1c[nH]c2ccccc12. The van der Waals surface area contributed by atoms with Gasteiger partial charge < -0.3 is 9.88 Å². The van der Waals surface area contributed by atoms with Crippen LogP contribution in [0.25, 0.3) is 10.9 Å². The summed E-state index contributed by atoms with van der Waals surface area (Å²) < 4.78 is 0. The Bertz CT molecular complexity index is 1030. The number of hydrogen-bond donors (Lipinski definition) is 1. The van der Waals surface area contributed by atoms with Crippen LogP contribution in [0.4, 0.5) is 0 Å². The summed E-state index contributed by atoms with van der Waals surface area (Å²) in [6, 6.07) is 18.9. The van der Waals surface area contributed by atoms with E-state index in [2.05, 4.69) is 71.5 Å². The number of carbonyl (C=O) groups is 1. The Kier molecular flexibility index (Phi) is 3.89. The van der Waals surface area contributed by atoms with E-state index in [-0.39, 0.29) is 18.0 Å². The second-order valence-corrected chi connectivity index (χ2v) is 7.70. The van der Waals surface area contributed by atoms with Gasteiger partial charge in [-0.05, 0) is 49.8 Å². The van der Waals surface area contributed by atoms with Gasteiger partial charge in [-0.3, -0.25) is 4.79 Å². The molecule has 2 unspecified atom stereocenters. The number of benzene rings is 2. The van der Waals surface area contributed by atoms with E-state index < -0.39 is 0 Å². The lowest BCUT2D eigenvalue weighted by Gasteiger charge is -2.33. The molecule has 3 heteroatoms. The van der Waals surface area contributed by atoms with Crippen molar-refractivity contribution in [3.63, 3.8) is 0 Å². The predicted octanol–water partition coefficient (Wildman–Crippen LogP) is 5.68. The van der Waals surface area contributed by atoms with E-state index in [1.165, 1.54) is 28.5 Å². The van der Waals surface area contributed by atoms with Crippen molar-refractivity contribution in [1.82, 2.24) is 9.88 Å². The van der Waals surface area contributed by atoms with Crippen LogP contribution in [-0.4, -0.2) is 15.8 Å². The van der Waals surface area contributed by atoms with Crippen LogP contribution >= 0.6 is 0 Å². The maximum absolute atomic E-state index is 13.5. The summed E-state index contributed by atoms with van der Waals surface area (Å²) in [6.07, 6.45) is 6.36. The Morgan fingerprint density at radius 3 is 2.59 bits per heavy atom. The first-order valence-corrected chi connectivity index (χ1v) is 9.91. The number of hydrogen-bond acceptors (Lipinski definition) is 1. The van der Waals surface area contributed by atoms with E-state index in [0.717, 1.165) is 30.4 Å². The second kappa shape index (κ2) is 6.41. The molecule has 5 rings (SSSR count). The van der Waals surface area contributed by atoms with Crippen molar-refractivity contribution in [3.8, 4) is 0 Å². The van der Waals surface area contributed by atoms with E-state index in [1.807, 2.05) is 6.07 Å². The molecule has 1 amide bonds. The zero-order chi connectivity index (χ0) is 18.4. The lowest BCUT2D eigenvalue weighted by Crippen LogP contribution is -2.32. The van der Waals surface area contributed by atoms with Gasteiger partial charge in [0.15, 0.2) is 0 Å². The number of nitrogens with one attached hydrogen (secondary N) is 1. The van der Waals surface area contributed by atoms with Gasteiger partial charge in [0, 0.05) is 28.2 Å². The molecule has 2 atom stereocenters. The molecular formula is C24H24N2O. The fraction of sp³-hybridized carbons (Fsp3) is 0.292. The van der Waals surface area contributed by atoms with Crippen LogP contribution in [0.5, 0.6) is 0 Å². The lowest BCUT2D eigenvalue weighted by molar-refractivity contribution is -0.129. The zero-order valence-corrected chi connectivity index (χ0v) is 15.6. The minimum Gasteiger partial charge on any atom is -0.361 e. The van der Waals surface area contributed by atoms with E-state index in [9.17, 15) is 4.79 Å². The van der Waals surface area contributed by atoms with Crippen LogP contribution in [0.2, 0.25) is 0 Å². The van der Waals surface area contributed by atoms with Crippen LogP contribution in [-0.2, 0) is 4.79 Å². The van der Waals surface area contributed by atoms with Crippen molar-refractivity contribution in [2.75, 3.05) is 0 Å². The summed E-state index contributed by atoms with van der Waals surface area (Å²) in [5.41, 5.74) is 5.97. The molecule has 3 nitrogen and oxygen atoms in total. The van der Waals surface area contributed by atoms with Crippen molar-refractivity contribution in [1.29, 1.82) is 0 Å². The number of rotatable bonds is 3. The molecular weight excluding hydrogens is 332 g/mol. The molecule has 1 aliphatic heterocycles. The number of fused-ring (bicyclic) bond motifs is 1. The van der Waals surface area contributed by atoms with Crippen LogP contribution in [0.15, 0.2) is 71.9 Å². The number of aromatic nitrogens is 1. The fourth-order valence-electron chi connectivity index (χ4n) is 4.87. The Morgan fingerprint density at radius 1 is 1.00 bits per heavy atom. The highest BCUT2D eigenvalue weighted by Crippen LogP contribution is 2.49. The molecule has 2 aliphatic rings. The smallest absolute Gasteiger partial charge is 0.251 e. The van der Waals surface area contributed by atoms with Gasteiger partial charge in [0.1, 0.15) is 0 Å². The number of para-hydroxylation sites is 1. The summed E-state index contributed by atoms with van der Waals surface area (Å²) in [7, 11) is 0. The van der Waals surface area contributed by atoms with Crippen LogP contribution in [0.3, 0.4) is 0 Å². The van der Waals surface area contributed by atoms with Crippen molar-refractivity contribution < 1.29 is 4.79 Å².